The Hall–Kier alpha value is -1.43. The zero-order chi connectivity index (χ0) is 15.1. The number of hydrogen-bond acceptors (Lipinski definition) is 4. The van der Waals surface area contributed by atoms with Gasteiger partial charge in [0.2, 0.25) is 11.8 Å². The van der Waals surface area contributed by atoms with Crippen LogP contribution in [0.1, 0.15) is 40.0 Å². The lowest BCUT2D eigenvalue weighted by atomic mass is 9.77. The Morgan fingerprint density at radius 1 is 1.35 bits per heavy atom. The summed E-state index contributed by atoms with van der Waals surface area (Å²) in [6.07, 6.45) is 2.71. The molecule has 3 amide bonds. The van der Waals surface area contributed by atoms with Gasteiger partial charge in [0.15, 0.2) is 0 Å². The molecule has 0 aromatic carbocycles. The first-order valence-corrected chi connectivity index (χ1v) is 7.16. The lowest BCUT2D eigenvalue weighted by Crippen LogP contribution is -2.67. The Balaban J connectivity index is 2.22. The molecule has 6 nitrogen and oxygen atoms in total. The molecule has 1 saturated heterocycles. The average Bonchev–Trinajstić information content (AvgIpc) is 2.37. The maximum atomic E-state index is 12.7. The van der Waals surface area contributed by atoms with Crippen LogP contribution < -0.4 is 11.1 Å². The minimum atomic E-state index is -1.01. The summed E-state index contributed by atoms with van der Waals surface area (Å²) in [7, 11) is 0. The Morgan fingerprint density at radius 3 is 2.65 bits per heavy atom. The van der Waals surface area contributed by atoms with E-state index in [4.69, 9.17) is 5.73 Å². The van der Waals surface area contributed by atoms with Crippen LogP contribution in [0.2, 0.25) is 0 Å². The fraction of sp³-hybridized carbons (Fsp3) is 0.786. The van der Waals surface area contributed by atoms with E-state index in [1.165, 1.54) is 4.90 Å². The predicted octanol–water partition coefficient (Wildman–Crippen LogP) is 0.0135. The molecule has 1 aliphatic carbocycles. The standard InChI is InChI=1S/C14H23N3O3/c1-8-5-4-6-9(11(8)15)12(19)17-7-10(18)16-13(20)14(17,2)3/h8-9,11H,4-7,15H2,1-3H3,(H,16,18,20). The normalized spacial score (nSPS) is 33.8. The molecule has 1 heterocycles. The highest BCUT2D eigenvalue weighted by Crippen LogP contribution is 2.31. The number of hydrogen-bond donors (Lipinski definition) is 2. The van der Waals surface area contributed by atoms with Crippen molar-refractivity contribution in [3.63, 3.8) is 0 Å². The second-order valence-electron chi connectivity index (χ2n) is 6.45. The molecule has 2 rings (SSSR count). The molecule has 0 radical (unpaired) electrons. The summed E-state index contributed by atoms with van der Waals surface area (Å²) in [5, 5.41) is 2.27. The molecule has 112 valence electrons. The Morgan fingerprint density at radius 2 is 2.00 bits per heavy atom. The number of nitrogens with two attached hydrogens (primary N) is 1. The van der Waals surface area contributed by atoms with E-state index in [2.05, 4.69) is 5.32 Å². The summed E-state index contributed by atoms with van der Waals surface area (Å²) in [4.78, 5) is 37.6. The van der Waals surface area contributed by atoms with E-state index >= 15 is 0 Å². The molecular formula is C14H23N3O3. The number of carbonyl (C=O) groups excluding carboxylic acids is 3. The number of nitrogens with one attached hydrogen (secondary N) is 1. The molecule has 0 aromatic rings. The first-order chi connectivity index (χ1) is 9.25. The number of amides is 3. The predicted molar refractivity (Wildman–Crippen MR) is 73.4 cm³/mol. The molecule has 1 saturated carbocycles. The summed E-state index contributed by atoms with van der Waals surface area (Å²) in [6, 6.07) is -0.202. The van der Waals surface area contributed by atoms with Gasteiger partial charge in [-0.1, -0.05) is 13.3 Å². The monoisotopic (exact) mass is 281 g/mol. The highest BCUT2D eigenvalue weighted by atomic mass is 16.2. The van der Waals surface area contributed by atoms with Crippen LogP contribution in [0.5, 0.6) is 0 Å². The Kier molecular flexibility index (Phi) is 3.86. The topological polar surface area (TPSA) is 92.5 Å². The van der Waals surface area contributed by atoms with Gasteiger partial charge in [-0.2, -0.15) is 0 Å². The number of imide groups is 1. The summed E-state index contributed by atoms with van der Waals surface area (Å²) in [6.45, 7) is 5.29. The van der Waals surface area contributed by atoms with E-state index < -0.39 is 17.4 Å². The van der Waals surface area contributed by atoms with Crippen molar-refractivity contribution in [2.75, 3.05) is 6.54 Å². The van der Waals surface area contributed by atoms with Crippen LogP contribution in [-0.4, -0.2) is 40.7 Å². The van der Waals surface area contributed by atoms with Crippen LogP contribution in [0.25, 0.3) is 0 Å². The lowest BCUT2D eigenvalue weighted by molar-refractivity contribution is -0.158. The van der Waals surface area contributed by atoms with E-state index in [0.29, 0.717) is 0 Å². The molecule has 0 spiro atoms. The van der Waals surface area contributed by atoms with Crippen LogP contribution >= 0.6 is 0 Å². The fourth-order valence-corrected chi connectivity index (χ4v) is 3.07. The van der Waals surface area contributed by atoms with Crippen molar-refractivity contribution in [2.24, 2.45) is 17.6 Å². The zero-order valence-corrected chi connectivity index (χ0v) is 12.3. The number of rotatable bonds is 1. The summed E-state index contributed by atoms with van der Waals surface area (Å²) < 4.78 is 0. The van der Waals surface area contributed by atoms with Gasteiger partial charge in [0, 0.05) is 6.04 Å². The van der Waals surface area contributed by atoms with E-state index in [0.717, 1.165) is 19.3 Å². The van der Waals surface area contributed by atoms with Gasteiger partial charge in [0.05, 0.1) is 5.92 Å². The van der Waals surface area contributed by atoms with Crippen molar-refractivity contribution < 1.29 is 14.4 Å². The van der Waals surface area contributed by atoms with Crippen molar-refractivity contribution in [1.82, 2.24) is 10.2 Å². The third-order valence-corrected chi connectivity index (χ3v) is 4.66. The van der Waals surface area contributed by atoms with Crippen molar-refractivity contribution >= 4 is 17.7 Å². The van der Waals surface area contributed by atoms with Crippen molar-refractivity contribution in [2.45, 2.75) is 51.6 Å². The largest absolute Gasteiger partial charge is 0.327 e. The number of nitrogens with zero attached hydrogens (tertiary/aromatic N) is 1. The average molecular weight is 281 g/mol. The molecule has 2 aliphatic rings. The third kappa shape index (κ3) is 2.44. The molecular weight excluding hydrogens is 258 g/mol. The molecule has 3 atom stereocenters. The Bertz CT molecular complexity index is 447. The molecule has 3 N–H and O–H groups in total. The van der Waals surface area contributed by atoms with E-state index in [-0.39, 0.29) is 30.3 Å². The summed E-state index contributed by atoms with van der Waals surface area (Å²) in [5.41, 5.74) is 5.15. The van der Waals surface area contributed by atoms with E-state index in [9.17, 15) is 14.4 Å². The van der Waals surface area contributed by atoms with Gasteiger partial charge in [-0.3, -0.25) is 19.7 Å². The van der Waals surface area contributed by atoms with Crippen molar-refractivity contribution in [1.29, 1.82) is 0 Å². The maximum Gasteiger partial charge on any atom is 0.252 e. The second kappa shape index (κ2) is 5.16. The molecule has 6 heteroatoms. The minimum absolute atomic E-state index is 0.0742. The van der Waals surface area contributed by atoms with Gasteiger partial charge in [-0.15, -0.1) is 0 Å². The van der Waals surface area contributed by atoms with Gasteiger partial charge >= 0.3 is 0 Å². The van der Waals surface area contributed by atoms with Crippen LogP contribution in [0.4, 0.5) is 0 Å². The SMILES string of the molecule is CC1CCCC(C(=O)N2CC(=O)NC(=O)C2(C)C)C1N. The lowest BCUT2D eigenvalue weighted by Gasteiger charge is -2.44. The van der Waals surface area contributed by atoms with Gasteiger partial charge in [-0.05, 0) is 32.6 Å². The van der Waals surface area contributed by atoms with Gasteiger partial charge in [0.1, 0.15) is 12.1 Å². The van der Waals surface area contributed by atoms with E-state index in [1.54, 1.807) is 13.8 Å². The smallest absolute Gasteiger partial charge is 0.252 e. The van der Waals surface area contributed by atoms with Crippen LogP contribution in [0.15, 0.2) is 0 Å². The zero-order valence-electron chi connectivity index (χ0n) is 12.3. The highest BCUT2D eigenvalue weighted by Gasteiger charge is 2.46. The second-order valence-corrected chi connectivity index (χ2v) is 6.45. The summed E-state index contributed by atoms with van der Waals surface area (Å²) in [5.74, 6) is -1.04. The molecule has 0 aromatic heterocycles. The van der Waals surface area contributed by atoms with Gasteiger partial charge < -0.3 is 10.6 Å². The quantitative estimate of drug-likeness (QED) is 0.662. The Labute approximate surface area is 119 Å². The van der Waals surface area contributed by atoms with Crippen LogP contribution in [0.3, 0.4) is 0 Å². The van der Waals surface area contributed by atoms with Gasteiger partial charge in [-0.25, -0.2) is 0 Å². The number of piperazine rings is 1. The van der Waals surface area contributed by atoms with Crippen LogP contribution in [0, 0.1) is 11.8 Å². The minimum Gasteiger partial charge on any atom is -0.327 e. The third-order valence-electron chi connectivity index (χ3n) is 4.66. The first-order valence-electron chi connectivity index (χ1n) is 7.16. The highest BCUT2D eigenvalue weighted by molar-refractivity contribution is 6.06. The van der Waals surface area contributed by atoms with Crippen molar-refractivity contribution in [3.8, 4) is 0 Å². The molecule has 3 unspecified atom stereocenters. The summed E-state index contributed by atoms with van der Waals surface area (Å²) >= 11 is 0. The molecule has 2 fully saturated rings. The first kappa shape index (κ1) is 15.0. The molecule has 20 heavy (non-hydrogen) atoms. The molecule has 0 bridgehead atoms. The van der Waals surface area contributed by atoms with Crippen molar-refractivity contribution in [3.05, 3.63) is 0 Å². The maximum absolute atomic E-state index is 12.7. The van der Waals surface area contributed by atoms with Crippen LogP contribution in [-0.2, 0) is 14.4 Å². The van der Waals surface area contributed by atoms with Gasteiger partial charge in [0.25, 0.3) is 5.91 Å². The molecule has 1 aliphatic heterocycles. The van der Waals surface area contributed by atoms with E-state index in [1.807, 2.05) is 6.92 Å². The fourth-order valence-electron chi connectivity index (χ4n) is 3.07. The number of carbonyl (C=O) groups is 3.